The average Bonchev–Trinajstić information content (AvgIpc) is 2.53. The molecule has 2 aliphatic rings. The molecular formula is C10H15NO. The van der Waals surface area contributed by atoms with Gasteiger partial charge in [-0.1, -0.05) is 24.6 Å². The summed E-state index contributed by atoms with van der Waals surface area (Å²) in [6, 6.07) is 0. The predicted molar refractivity (Wildman–Crippen MR) is 48.4 cm³/mol. The van der Waals surface area contributed by atoms with Gasteiger partial charge < -0.3 is 5.21 Å². The van der Waals surface area contributed by atoms with Crippen LogP contribution in [0.1, 0.15) is 27.2 Å². The highest BCUT2D eigenvalue weighted by atomic mass is 16.4. The van der Waals surface area contributed by atoms with Gasteiger partial charge in [-0.15, -0.1) is 0 Å². The van der Waals surface area contributed by atoms with Gasteiger partial charge in [-0.05, 0) is 30.8 Å². The minimum atomic E-state index is 0.357. The molecule has 1 N–H and O–H groups in total. The number of hydrogen-bond acceptors (Lipinski definition) is 2. The lowest BCUT2D eigenvalue weighted by Crippen LogP contribution is -2.06. The summed E-state index contributed by atoms with van der Waals surface area (Å²) in [5.41, 5.74) is 2.58. The molecule has 2 unspecified atom stereocenters. The van der Waals surface area contributed by atoms with Crippen molar-refractivity contribution < 1.29 is 5.21 Å². The maximum Gasteiger partial charge on any atom is 0.0834 e. The van der Waals surface area contributed by atoms with Crippen LogP contribution in [0.3, 0.4) is 0 Å². The van der Waals surface area contributed by atoms with Crippen LogP contribution >= 0.6 is 0 Å². The van der Waals surface area contributed by atoms with Gasteiger partial charge in [0.1, 0.15) is 0 Å². The quantitative estimate of drug-likeness (QED) is 0.434. The van der Waals surface area contributed by atoms with Crippen LogP contribution in [0, 0.1) is 17.3 Å². The molecule has 0 radical (unpaired) electrons. The molecule has 0 aromatic rings. The number of oxime groups is 1. The Balaban J connectivity index is 2.31. The molecule has 1 saturated carbocycles. The van der Waals surface area contributed by atoms with Crippen LogP contribution in [0.4, 0.5) is 0 Å². The van der Waals surface area contributed by atoms with Crippen molar-refractivity contribution in [3.63, 3.8) is 0 Å². The van der Waals surface area contributed by atoms with Crippen molar-refractivity contribution in [2.45, 2.75) is 27.2 Å². The predicted octanol–water partition coefficient (Wildman–Crippen LogP) is 2.44. The normalized spacial score (nSPS) is 40.6. The van der Waals surface area contributed by atoms with Crippen molar-refractivity contribution in [2.75, 3.05) is 0 Å². The summed E-state index contributed by atoms with van der Waals surface area (Å²) < 4.78 is 0. The molecule has 2 heteroatoms. The highest BCUT2D eigenvalue weighted by molar-refractivity contribution is 6.01. The van der Waals surface area contributed by atoms with E-state index in [1.54, 1.807) is 0 Å². The Morgan fingerprint density at radius 3 is 2.83 bits per heavy atom. The van der Waals surface area contributed by atoms with Crippen LogP contribution in [0.5, 0.6) is 0 Å². The zero-order valence-electron chi connectivity index (χ0n) is 7.83. The Hall–Kier alpha value is -0.790. The second-order valence-corrected chi connectivity index (χ2v) is 4.63. The molecule has 12 heavy (non-hydrogen) atoms. The Labute approximate surface area is 73.0 Å². The van der Waals surface area contributed by atoms with Gasteiger partial charge in [-0.25, -0.2) is 0 Å². The first-order valence-electron chi connectivity index (χ1n) is 4.46. The fourth-order valence-electron chi connectivity index (χ4n) is 2.55. The third kappa shape index (κ3) is 0.838. The topological polar surface area (TPSA) is 32.6 Å². The molecule has 1 fully saturated rings. The summed E-state index contributed by atoms with van der Waals surface area (Å²) >= 11 is 0. The van der Waals surface area contributed by atoms with Crippen LogP contribution < -0.4 is 0 Å². The number of rotatable bonds is 0. The van der Waals surface area contributed by atoms with Crippen molar-refractivity contribution >= 4 is 5.71 Å². The maximum atomic E-state index is 8.78. The summed E-state index contributed by atoms with van der Waals surface area (Å²) in [6.07, 6.45) is 3.20. The van der Waals surface area contributed by atoms with E-state index in [1.165, 1.54) is 12.0 Å². The van der Waals surface area contributed by atoms with Crippen LogP contribution in [0.15, 0.2) is 16.8 Å². The molecule has 0 aromatic carbocycles. The molecule has 0 spiro atoms. The van der Waals surface area contributed by atoms with E-state index in [2.05, 4.69) is 25.9 Å². The van der Waals surface area contributed by atoms with Crippen LogP contribution in [0.2, 0.25) is 0 Å². The molecule has 2 nitrogen and oxygen atoms in total. The Bertz CT molecular complexity index is 276. The van der Waals surface area contributed by atoms with Gasteiger partial charge in [-0.3, -0.25) is 0 Å². The number of fused-ring (bicyclic) bond motifs is 1. The smallest absolute Gasteiger partial charge is 0.0834 e. The molecule has 0 aromatic heterocycles. The van der Waals surface area contributed by atoms with Gasteiger partial charge in [0.2, 0.25) is 0 Å². The van der Waals surface area contributed by atoms with Crippen molar-refractivity contribution in [1.29, 1.82) is 0 Å². The standard InChI is InChI=1S/C10H15NO/c1-6-4-7-9(10(7,2)3)8(5-6)11-12/h5,7,9,12H,4H2,1-3H3/b11-8-. The van der Waals surface area contributed by atoms with Gasteiger partial charge >= 0.3 is 0 Å². The van der Waals surface area contributed by atoms with Gasteiger partial charge in [0.05, 0.1) is 5.71 Å². The highest BCUT2D eigenvalue weighted by Gasteiger charge is 2.60. The minimum absolute atomic E-state index is 0.357. The maximum absolute atomic E-state index is 8.78. The number of nitrogens with zero attached hydrogens (tertiary/aromatic N) is 1. The monoisotopic (exact) mass is 165 g/mol. The first-order valence-corrected chi connectivity index (χ1v) is 4.46. The van der Waals surface area contributed by atoms with E-state index >= 15 is 0 Å². The largest absolute Gasteiger partial charge is 0.411 e. The van der Waals surface area contributed by atoms with Crippen LogP contribution in [-0.4, -0.2) is 10.9 Å². The molecule has 0 bridgehead atoms. The Morgan fingerprint density at radius 2 is 2.25 bits per heavy atom. The molecule has 0 amide bonds. The molecule has 0 saturated heterocycles. The summed E-state index contributed by atoms with van der Waals surface area (Å²) in [5.74, 6) is 1.22. The summed E-state index contributed by atoms with van der Waals surface area (Å²) in [5, 5.41) is 12.1. The Morgan fingerprint density at radius 1 is 1.58 bits per heavy atom. The second kappa shape index (κ2) is 2.12. The SMILES string of the molecule is CC1=C/C(=N/O)C2C(C1)C2(C)C. The summed E-state index contributed by atoms with van der Waals surface area (Å²) in [7, 11) is 0. The molecule has 0 aliphatic heterocycles. The number of hydrogen-bond donors (Lipinski definition) is 1. The van der Waals surface area contributed by atoms with Gasteiger partial charge in [0.15, 0.2) is 0 Å². The third-order valence-corrected chi connectivity index (χ3v) is 3.42. The van der Waals surface area contributed by atoms with Crippen molar-refractivity contribution in [2.24, 2.45) is 22.4 Å². The Kier molecular flexibility index (Phi) is 1.39. The fourth-order valence-corrected chi connectivity index (χ4v) is 2.55. The van der Waals surface area contributed by atoms with E-state index in [0.717, 1.165) is 5.71 Å². The molecule has 66 valence electrons. The minimum Gasteiger partial charge on any atom is -0.411 e. The van der Waals surface area contributed by atoms with Gasteiger partial charge in [0, 0.05) is 5.92 Å². The second-order valence-electron chi connectivity index (χ2n) is 4.63. The van der Waals surface area contributed by atoms with Crippen molar-refractivity contribution in [3.05, 3.63) is 11.6 Å². The molecular weight excluding hydrogens is 150 g/mol. The lowest BCUT2D eigenvalue weighted by molar-refractivity contribution is 0.316. The molecule has 2 aliphatic carbocycles. The van der Waals surface area contributed by atoms with E-state index in [9.17, 15) is 0 Å². The van der Waals surface area contributed by atoms with Crippen molar-refractivity contribution in [1.82, 2.24) is 0 Å². The fraction of sp³-hybridized carbons (Fsp3) is 0.700. The van der Waals surface area contributed by atoms with Gasteiger partial charge in [0.25, 0.3) is 0 Å². The van der Waals surface area contributed by atoms with Crippen molar-refractivity contribution in [3.8, 4) is 0 Å². The van der Waals surface area contributed by atoms with Gasteiger partial charge in [-0.2, -0.15) is 0 Å². The van der Waals surface area contributed by atoms with E-state index in [0.29, 0.717) is 17.3 Å². The molecule has 2 rings (SSSR count). The lowest BCUT2D eigenvalue weighted by Gasteiger charge is -2.07. The third-order valence-electron chi connectivity index (χ3n) is 3.42. The van der Waals surface area contributed by atoms with Crippen LogP contribution in [0.25, 0.3) is 0 Å². The zero-order valence-corrected chi connectivity index (χ0v) is 7.83. The summed E-state index contributed by atoms with van der Waals surface area (Å²) in [6.45, 7) is 6.61. The molecule has 0 heterocycles. The lowest BCUT2D eigenvalue weighted by atomic mass is 10.00. The number of allylic oxidation sites excluding steroid dienone is 2. The highest BCUT2D eigenvalue weighted by Crippen LogP contribution is 2.63. The van der Waals surface area contributed by atoms with E-state index in [-0.39, 0.29) is 0 Å². The zero-order chi connectivity index (χ0) is 8.93. The van der Waals surface area contributed by atoms with Crippen LogP contribution in [-0.2, 0) is 0 Å². The average molecular weight is 165 g/mol. The van der Waals surface area contributed by atoms with E-state index < -0.39 is 0 Å². The molecule has 2 atom stereocenters. The van der Waals surface area contributed by atoms with E-state index in [1.807, 2.05) is 6.08 Å². The first kappa shape index (κ1) is 7.84. The van der Waals surface area contributed by atoms with E-state index in [4.69, 9.17) is 5.21 Å². The summed E-state index contributed by atoms with van der Waals surface area (Å²) in [4.78, 5) is 0. The first-order chi connectivity index (χ1) is 5.57.